The van der Waals surface area contributed by atoms with Crippen LogP contribution in [0.25, 0.3) is 0 Å². The van der Waals surface area contributed by atoms with Gasteiger partial charge in [-0.25, -0.2) is 4.98 Å². The highest BCUT2D eigenvalue weighted by atomic mass is 35.5. The molecule has 1 aliphatic rings. The maximum Gasteiger partial charge on any atom is 0.229 e. The number of fused-ring (bicyclic) bond motifs is 1. The van der Waals surface area contributed by atoms with E-state index in [0.717, 1.165) is 17.1 Å². The predicted octanol–water partition coefficient (Wildman–Crippen LogP) is 6.39. The summed E-state index contributed by atoms with van der Waals surface area (Å²) in [6, 6.07) is 13.5. The van der Waals surface area contributed by atoms with Crippen molar-refractivity contribution in [1.29, 1.82) is 0 Å². The summed E-state index contributed by atoms with van der Waals surface area (Å²) in [6.45, 7) is 8.33. The minimum Gasteiger partial charge on any atom is -0.339 e. The van der Waals surface area contributed by atoms with Crippen molar-refractivity contribution < 1.29 is 4.79 Å². The normalized spacial score (nSPS) is 14.9. The summed E-state index contributed by atoms with van der Waals surface area (Å²) in [4.78, 5) is 22.3. The Balaban J connectivity index is 1.77. The third-order valence-electron chi connectivity index (χ3n) is 5.42. The van der Waals surface area contributed by atoms with E-state index in [1.165, 1.54) is 11.1 Å². The van der Waals surface area contributed by atoms with Crippen molar-refractivity contribution >= 4 is 40.5 Å². The summed E-state index contributed by atoms with van der Waals surface area (Å²) in [7, 11) is 0. The molecule has 0 fully saturated rings. The average molecular weight is 421 g/mol. The monoisotopic (exact) mass is 420 g/mol. The third-order valence-corrected chi connectivity index (χ3v) is 5.67. The molecule has 1 heterocycles. The molecule has 0 saturated carbocycles. The summed E-state index contributed by atoms with van der Waals surface area (Å²) in [5.41, 5.74) is 5.35. The molecule has 0 atom stereocenters. The van der Waals surface area contributed by atoms with Crippen LogP contribution in [0.5, 0.6) is 0 Å². The number of nitrogens with one attached hydrogen (secondary N) is 2. The molecule has 2 N–H and O–H groups in total. The van der Waals surface area contributed by atoms with Gasteiger partial charge < -0.3 is 10.6 Å². The zero-order valence-corrected chi connectivity index (χ0v) is 18.4. The number of rotatable bonds is 4. The molecule has 2 aromatic carbocycles. The van der Waals surface area contributed by atoms with Gasteiger partial charge in [0, 0.05) is 22.8 Å². The number of aromatic nitrogens is 2. The lowest BCUT2D eigenvalue weighted by molar-refractivity contribution is 0.0911. The number of halogens is 1. The van der Waals surface area contributed by atoms with Gasteiger partial charge in [0.2, 0.25) is 5.95 Å². The molecule has 0 bridgehead atoms. The number of Topliss-reactive ketones (excluding diaryl/α,β-unsaturated/α-hetero) is 1. The van der Waals surface area contributed by atoms with Gasteiger partial charge >= 0.3 is 0 Å². The summed E-state index contributed by atoms with van der Waals surface area (Å²) in [5.74, 6) is 1.07. The van der Waals surface area contributed by atoms with Gasteiger partial charge in [0.25, 0.3) is 0 Å². The molecule has 4 rings (SSSR count). The number of hydrogen-bond donors (Lipinski definition) is 2. The number of hydrogen-bond acceptors (Lipinski definition) is 5. The first-order chi connectivity index (χ1) is 14.2. The lowest BCUT2D eigenvalue weighted by Gasteiger charge is -2.30. The maximum absolute atomic E-state index is 13.0. The topological polar surface area (TPSA) is 66.9 Å². The fourth-order valence-electron chi connectivity index (χ4n) is 3.73. The molecule has 0 amide bonds. The minimum absolute atomic E-state index is 0.0747. The highest BCUT2D eigenvalue weighted by molar-refractivity contribution is 6.30. The summed E-state index contributed by atoms with van der Waals surface area (Å²) < 4.78 is 0. The number of ketones is 1. The van der Waals surface area contributed by atoms with E-state index >= 15 is 0 Å². The standard InChI is InChI=1S/C24H25ClN4O/c1-14-5-8-18(11-15(14)2)26-22-21-19(12-24(3,4)13-20(21)30)28-23(29-22)27-17-9-6-16(25)7-10-17/h5-11H,12-13H2,1-4H3,(H2,26,27,28,29). The Labute approximate surface area is 181 Å². The quantitative estimate of drug-likeness (QED) is 0.511. The zero-order chi connectivity index (χ0) is 21.5. The second-order valence-electron chi connectivity index (χ2n) is 8.71. The largest absolute Gasteiger partial charge is 0.339 e. The van der Waals surface area contributed by atoms with Crippen molar-refractivity contribution in [3.8, 4) is 0 Å². The highest BCUT2D eigenvalue weighted by Gasteiger charge is 2.35. The van der Waals surface area contributed by atoms with Crippen LogP contribution in [0, 0.1) is 19.3 Å². The fraction of sp³-hybridized carbons (Fsp3) is 0.292. The number of carbonyl (C=O) groups is 1. The molecule has 1 aliphatic carbocycles. The predicted molar refractivity (Wildman–Crippen MR) is 122 cm³/mol. The number of nitrogens with zero attached hydrogens (tertiary/aromatic N) is 2. The van der Waals surface area contributed by atoms with Crippen LogP contribution in [0.1, 0.15) is 47.4 Å². The van der Waals surface area contributed by atoms with Crippen LogP contribution in [0.4, 0.5) is 23.1 Å². The van der Waals surface area contributed by atoms with Crippen LogP contribution >= 0.6 is 11.6 Å². The second-order valence-corrected chi connectivity index (χ2v) is 9.15. The van der Waals surface area contributed by atoms with Crippen molar-refractivity contribution in [2.24, 2.45) is 5.41 Å². The molecular formula is C24H25ClN4O. The molecular weight excluding hydrogens is 396 g/mol. The van der Waals surface area contributed by atoms with Gasteiger partial charge in [0.1, 0.15) is 5.82 Å². The van der Waals surface area contributed by atoms with Crippen LogP contribution in [0.15, 0.2) is 42.5 Å². The van der Waals surface area contributed by atoms with E-state index in [1.54, 1.807) is 0 Å². The molecule has 3 aromatic rings. The first-order valence-electron chi connectivity index (χ1n) is 10.0. The van der Waals surface area contributed by atoms with Crippen LogP contribution in [-0.2, 0) is 6.42 Å². The van der Waals surface area contributed by atoms with E-state index in [9.17, 15) is 4.79 Å². The first-order valence-corrected chi connectivity index (χ1v) is 10.4. The third kappa shape index (κ3) is 4.31. The SMILES string of the molecule is Cc1ccc(Nc2nc(Nc3ccc(Cl)cc3)nc3c2C(=O)CC(C)(C)C3)cc1C. The Bertz CT molecular complexity index is 1120. The van der Waals surface area contributed by atoms with Gasteiger partial charge in [-0.2, -0.15) is 4.98 Å². The Morgan fingerprint density at radius 1 is 0.900 bits per heavy atom. The molecule has 0 radical (unpaired) electrons. The van der Waals surface area contributed by atoms with E-state index in [4.69, 9.17) is 16.6 Å². The molecule has 30 heavy (non-hydrogen) atoms. The van der Waals surface area contributed by atoms with Crippen molar-refractivity contribution in [2.45, 2.75) is 40.5 Å². The molecule has 0 unspecified atom stereocenters. The number of benzene rings is 2. The number of carbonyl (C=O) groups excluding carboxylic acids is 1. The van der Waals surface area contributed by atoms with E-state index in [1.807, 2.05) is 30.3 Å². The molecule has 154 valence electrons. The Kier molecular flexibility index (Phi) is 5.24. The van der Waals surface area contributed by atoms with E-state index < -0.39 is 0 Å². The highest BCUT2D eigenvalue weighted by Crippen LogP contribution is 2.38. The van der Waals surface area contributed by atoms with Gasteiger partial charge in [-0.1, -0.05) is 31.5 Å². The smallest absolute Gasteiger partial charge is 0.229 e. The van der Waals surface area contributed by atoms with Crippen molar-refractivity contribution in [2.75, 3.05) is 10.6 Å². The lowest BCUT2D eigenvalue weighted by atomic mass is 9.75. The van der Waals surface area contributed by atoms with E-state index in [2.05, 4.69) is 55.4 Å². The summed E-state index contributed by atoms with van der Waals surface area (Å²) in [5, 5.41) is 7.26. The number of anilines is 4. The molecule has 1 aromatic heterocycles. The van der Waals surface area contributed by atoms with Gasteiger partial charge in [-0.05, 0) is 73.2 Å². The Hall–Kier alpha value is -2.92. The minimum atomic E-state index is -0.131. The van der Waals surface area contributed by atoms with E-state index in [0.29, 0.717) is 35.2 Å². The first kappa shape index (κ1) is 20.4. The zero-order valence-electron chi connectivity index (χ0n) is 17.6. The average Bonchev–Trinajstić information content (AvgIpc) is 2.65. The van der Waals surface area contributed by atoms with Gasteiger partial charge in [0.15, 0.2) is 5.78 Å². The second kappa shape index (κ2) is 7.73. The van der Waals surface area contributed by atoms with Gasteiger partial charge in [-0.3, -0.25) is 4.79 Å². The lowest BCUT2D eigenvalue weighted by Crippen LogP contribution is -2.29. The van der Waals surface area contributed by atoms with E-state index in [-0.39, 0.29) is 11.2 Å². The Morgan fingerprint density at radius 2 is 1.60 bits per heavy atom. The Morgan fingerprint density at radius 3 is 2.30 bits per heavy atom. The van der Waals surface area contributed by atoms with Crippen LogP contribution in [0.3, 0.4) is 0 Å². The van der Waals surface area contributed by atoms with Crippen LogP contribution < -0.4 is 10.6 Å². The maximum atomic E-state index is 13.0. The van der Waals surface area contributed by atoms with Crippen molar-refractivity contribution in [3.63, 3.8) is 0 Å². The molecule has 0 aliphatic heterocycles. The van der Waals surface area contributed by atoms with Crippen LogP contribution in [-0.4, -0.2) is 15.8 Å². The molecule has 0 spiro atoms. The van der Waals surface area contributed by atoms with Gasteiger partial charge in [-0.15, -0.1) is 0 Å². The molecule has 6 heteroatoms. The molecule has 5 nitrogen and oxygen atoms in total. The van der Waals surface area contributed by atoms with Gasteiger partial charge in [0.05, 0.1) is 11.3 Å². The van der Waals surface area contributed by atoms with Crippen molar-refractivity contribution in [1.82, 2.24) is 9.97 Å². The molecule has 0 saturated heterocycles. The number of aryl methyl sites for hydroxylation is 2. The summed E-state index contributed by atoms with van der Waals surface area (Å²) >= 11 is 5.99. The fourth-order valence-corrected chi connectivity index (χ4v) is 3.86. The van der Waals surface area contributed by atoms with Crippen LogP contribution in [0.2, 0.25) is 5.02 Å². The summed E-state index contributed by atoms with van der Waals surface area (Å²) in [6.07, 6.45) is 1.20. The van der Waals surface area contributed by atoms with Crippen molar-refractivity contribution in [3.05, 3.63) is 69.9 Å².